The van der Waals surface area contributed by atoms with Gasteiger partial charge in [-0.2, -0.15) is 0 Å². The second-order valence-electron chi connectivity index (χ2n) is 4.93. The van der Waals surface area contributed by atoms with Crippen molar-refractivity contribution >= 4 is 21.8 Å². The molecule has 1 aromatic rings. The summed E-state index contributed by atoms with van der Waals surface area (Å²) in [6.45, 7) is 1.71. The third-order valence-electron chi connectivity index (χ3n) is 3.39. The summed E-state index contributed by atoms with van der Waals surface area (Å²) >= 11 is 3.04. The molecule has 0 heterocycles. The highest BCUT2D eigenvalue weighted by atomic mass is 79.9. The van der Waals surface area contributed by atoms with E-state index in [0.717, 1.165) is 12.8 Å². The van der Waals surface area contributed by atoms with Crippen LogP contribution < -0.4 is 5.32 Å². The van der Waals surface area contributed by atoms with Gasteiger partial charge >= 0.3 is 0 Å². The van der Waals surface area contributed by atoms with Crippen molar-refractivity contribution in [3.63, 3.8) is 0 Å². The minimum absolute atomic E-state index is 0.109. The Labute approximate surface area is 114 Å². The molecule has 1 aliphatic rings. The van der Waals surface area contributed by atoms with Gasteiger partial charge in [0.2, 0.25) is 0 Å². The van der Waals surface area contributed by atoms with Crippen LogP contribution in [0.2, 0.25) is 0 Å². The van der Waals surface area contributed by atoms with Gasteiger partial charge in [-0.25, -0.2) is 4.39 Å². The molecule has 18 heavy (non-hydrogen) atoms. The number of hydrogen-bond donors (Lipinski definition) is 2. The molecule has 2 N–H and O–H groups in total. The summed E-state index contributed by atoms with van der Waals surface area (Å²) in [6.07, 6.45) is 2.01. The van der Waals surface area contributed by atoms with Crippen molar-refractivity contribution in [3.05, 3.63) is 34.1 Å². The average Bonchev–Trinajstić information content (AvgIpc) is 3.16. The van der Waals surface area contributed by atoms with Gasteiger partial charge < -0.3 is 10.4 Å². The fourth-order valence-electron chi connectivity index (χ4n) is 1.96. The van der Waals surface area contributed by atoms with Crippen molar-refractivity contribution in [2.45, 2.75) is 25.3 Å². The molecule has 0 aromatic heterocycles. The third-order valence-corrected chi connectivity index (χ3v) is 4.03. The normalized spacial score (nSPS) is 18.2. The molecular formula is C13H15BrFNO2. The summed E-state index contributed by atoms with van der Waals surface area (Å²) in [5.41, 5.74) is -0.350. The second kappa shape index (κ2) is 4.97. The highest BCUT2D eigenvalue weighted by Gasteiger charge is 2.42. The van der Waals surface area contributed by atoms with Crippen molar-refractivity contribution in [1.82, 2.24) is 5.32 Å². The van der Waals surface area contributed by atoms with Gasteiger partial charge in [0.05, 0.1) is 16.6 Å². The average molecular weight is 316 g/mol. The van der Waals surface area contributed by atoms with E-state index in [2.05, 4.69) is 21.2 Å². The van der Waals surface area contributed by atoms with Crippen molar-refractivity contribution in [1.29, 1.82) is 0 Å². The van der Waals surface area contributed by atoms with Crippen molar-refractivity contribution < 1.29 is 14.3 Å². The maximum atomic E-state index is 13.3. The molecule has 1 atom stereocenters. The zero-order valence-corrected chi connectivity index (χ0v) is 11.6. The Balaban J connectivity index is 2.13. The van der Waals surface area contributed by atoms with Crippen LogP contribution in [0.1, 0.15) is 30.1 Å². The Bertz CT molecular complexity index is 476. The van der Waals surface area contributed by atoms with Crippen LogP contribution in [-0.4, -0.2) is 23.2 Å². The highest BCUT2D eigenvalue weighted by Crippen LogP contribution is 2.39. The number of aliphatic hydroxyl groups excluding tert-OH is 1. The van der Waals surface area contributed by atoms with Crippen LogP contribution in [0.15, 0.2) is 22.7 Å². The number of aliphatic hydroxyl groups is 1. The monoisotopic (exact) mass is 315 g/mol. The zero-order valence-electron chi connectivity index (χ0n) is 10.0. The molecule has 1 unspecified atom stereocenters. The predicted molar refractivity (Wildman–Crippen MR) is 69.8 cm³/mol. The highest BCUT2D eigenvalue weighted by molar-refractivity contribution is 9.10. The van der Waals surface area contributed by atoms with E-state index >= 15 is 0 Å². The first-order chi connectivity index (χ1) is 8.46. The van der Waals surface area contributed by atoms with Crippen molar-refractivity contribution in [3.8, 4) is 0 Å². The molecule has 3 nitrogen and oxygen atoms in total. The maximum absolute atomic E-state index is 13.3. The lowest BCUT2D eigenvalue weighted by molar-refractivity contribution is 0.0824. The molecule has 1 aromatic carbocycles. The number of benzene rings is 1. The number of carbonyl (C=O) groups is 1. The van der Waals surface area contributed by atoms with Crippen LogP contribution in [0.5, 0.6) is 0 Å². The van der Waals surface area contributed by atoms with Crippen LogP contribution in [-0.2, 0) is 0 Å². The van der Waals surface area contributed by atoms with Crippen LogP contribution >= 0.6 is 15.9 Å². The molecular weight excluding hydrogens is 301 g/mol. The first kappa shape index (κ1) is 13.5. The second-order valence-corrected chi connectivity index (χ2v) is 5.79. The summed E-state index contributed by atoms with van der Waals surface area (Å²) in [4.78, 5) is 12.0. The maximum Gasteiger partial charge on any atom is 0.251 e. The first-order valence-corrected chi connectivity index (χ1v) is 6.64. The van der Waals surface area contributed by atoms with Crippen LogP contribution in [0.4, 0.5) is 4.39 Å². The predicted octanol–water partition coefficient (Wildman–Crippen LogP) is 2.48. The van der Waals surface area contributed by atoms with Crippen LogP contribution in [0.25, 0.3) is 0 Å². The number of nitrogens with one attached hydrogen (secondary N) is 1. The van der Waals surface area contributed by atoms with Gasteiger partial charge in [0.1, 0.15) is 5.82 Å². The lowest BCUT2D eigenvalue weighted by Gasteiger charge is -2.28. The van der Waals surface area contributed by atoms with Gasteiger partial charge in [0.25, 0.3) is 5.91 Å². The Kier molecular flexibility index (Phi) is 3.73. The molecule has 0 spiro atoms. The summed E-state index contributed by atoms with van der Waals surface area (Å²) in [5, 5.41) is 12.2. The number of rotatable bonds is 4. The summed E-state index contributed by atoms with van der Waals surface area (Å²) in [7, 11) is 0. The van der Waals surface area contributed by atoms with E-state index in [1.54, 1.807) is 6.07 Å². The van der Waals surface area contributed by atoms with E-state index in [0.29, 0.717) is 10.4 Å². The fraction of sp³-hybridized carbons (Fsp3) is 0.462. The Morgan fingerprint density at radius 1 is 1.61 bits per heavy atom. The lowest BCUT2D eigenvalue weighted by Crippen LogP contribution is -2.50. The summed E-state index contributed by atoms with van der Waals surface area (Å²) < 4.78 is 13.7. The zero-order chi connectivity index (χ0) is 13.3. The number of carbonyl (C=O) groups excluding carboxylic acids is 1. The Morgan fingerprint density at radius 3 is 2.78 bits per heavy atom. The molecule has 0 aliphatic heterocycles. The molecule has 5 heteroatoms. The van der Waals surface area contributed by atoms with E-state index < -0.39 is 11.4 Å². The quantitative estimate of drug-likeness (QED) is 0.896. The van der Waals surface area contributed by atoms with Crippen LogP contribution in [0, 0.1) is 11.7 Å². The van der Waals surface area contributed by atoms with Gasteiger partial charge in [0, 0.05) is 5.56 Å². The van der Waals surface area contributed by atoms with E-state index in [4.69, 9.17) is 0 Å². The molecule has 1 amide bonds. The summed E-state index contributed by atoms with van der Waals surface area (Å²) in [6, 6.07) is 4.23. The Morgan fingerprint density at radius 2 is 2.28 bits per heavy atom. The number of halogens is 2. The molecule has 0 saturated heterocycles. The fourth-order valence-corrected chi connectivity index (χ4v) is 2.21. The largest absolute Gasteiger partial charge is 0.394 e. The molecule has 0 bridgehead atoms. The number of hydrogen-bond acceptors (Lipinski definition) is 2. The standard InChI is InChI=1S/C13H15BrFNO2/c1-13(7-17,9-3-4-9)16-12(18)8-2-5-10(14)11(15)6-8/h2,5-6,9,17H,3-4,7H2,1H3,(H,16,18). The molecule has 0 radical (unpaired) electrons. The van der Waals surface area contributed by atoms with Gasteiger partial charge in [-0.1, -0.05) is 0 Å². The minimum Gasteiger partial charge on any atom is -0.394 e. The smallest absolute Gasteiger partial charge is 0.251 e. The molecule has 1 aliphatic carbocycles. The molecule has 1 saturated carbocycles. The van der Waals surface area contributed by atoms with Crippen molar-refractivity contribution in [2.75, 3.05) is 6.61 Å². The van der Waals surface area contributed by atoms with Crippen molar-refractivity contribution in [2.24, 2.45) is 5.92 Å². The minimum atomic E-state index is -0.610. The van der Waals surface area contributed by atoms with Crippen LogP contribution in [0.3, 0.4) is 0 Å². The van der Waals surface area contributed by atoms with Gasteiger partial charge in [-0.15, -0.1) is 0 Å². The van der Waals surface area contributed by atoms with E-state index in [9.17, 15) is 14.3 Å². The molecule has 2 rings (SSSR count). The van der Waals surface area contributed by atoms with E-state index in [1.165, 1.54) is 12.1 Å². The van der Waals surface area contributed by atoms with Gasteiger partial charge in [-0.3, -0.25) is 4.79 Å². The summed E-state index contributed by atoms with van der Waals surface area (Å²) in [5.74, 6) is -0.517. The molecule has 1 fully saturated rings. The van der Waals surface area contributed by atoms with Gasteiger partial charge in [0.15, 0.2) is 0 Å². The lowest BCUT2D eigenvalue weighted by atomic mass is 9.96. The van der Waals surface area contributed by atoms with Gasteiger partial charge in [-0.05, 0) is 59.8 Å². The Hall–Kier alpha value is -0.940. The number of amides is 1. The molecule has 98 valence electrons. The van der Waals surface area contributed by atoms with E-state index in [-0.39, 0.29) is 18.1 Å². The SMILES string of the molecule is CC(CO)(NC(=O)c1ccc(Br)c(F)c1)C1CC1. The first-order valence-electron chi connectivity index (χ1n) is 5.85. The topological polar surface area (TPSA) is 49.3 Å². The third kappa shape index (κ3) is 2.72. The van der Waals surface area contributed by atoms with E-state index in [1.807, 2.05) is 6.92 Å².